The third-order valence-corrected chi connectivity index (χ3v) is 16.3. The summed E-state index contributed by atoms with van der Waals surface area (Å²) in [5, 5.41) is 43.8. The molecule has 0 aromatic rings. The van der Waals surface area contributed by atoms with Crippen LogP contribution in [0.2, 0.25) is 0 Å². The van der Waals surface area contributed by atoms with Crippen LogP contribution in [0.25, 0.3) is 0 Å². The lowest BCUT2D eigenvalue weighted by Gasteiger charge is -2.63. The minimum atomic E-state index is -1.29. The summed E-state index contributed by atoms with van der Waals surface area (Å²) in [6.45, 7) is 17.0. The minimum Gasteiger partial charge on any atom is -0.457 e. The van der Waals surface area contributed by atoms with Crippen LogP contribution in [0.15, 0.2) is 0 Å². The summed E-state index contributed by atoms with van der Waals surface area (Å²) in [6, 6.07) is 0. The maximum atomic E-state index is 12.9. The van der Waals surface area contributed by atoms with Gasteiger partial charge < -0.3 is 44.1 Å². The van der Waals surface area contributed by atoms with Gasteiger partial charge in [0.05, 0.1) is 12.7 Å². The highest BCUT2D eigenvalue weighted by Crippen LogP contribution is 2.90. The van der Waals surface area contributed by atoms with E-state index in [2.05, 4.69) is 34.6 Å². The van der Waals surface area contributed by atoms with Gasteiger partial charge in [-0.2, -0.15) is 0 Å². The molecule has 0 amide bonds. The van der Waals surface area contributed by atoms with E-state index in [-0.39, 0.29) is 58.3 Å². The van der Waals surface area contributed by atoms with Crippen molar-refractivity contribution in [2.75, 3.05) is 6.61 Å². The number of esters is 1. The zero-order chi connectivity index (χ0) is 33.9. The smallest absolute Gasteiger partial charge is 0.303 e. The van der Waals surface area contributed by atoms with Crippen LogP contribution in [0.5, 0.6) is 0 Å². The fourth-order valence-electron chi connectivity index (χ4n) is 14.4. The van der Waals surface area contributed by atoms with E-state index in [4.69, 9.17) is 23.7 Å². The van der Waals surface area contributed by atoms with Gasteiger partial charge in [0, 0.05) is 18.3 Å². The number of rotatable bonds is 3. The first-order valence-corrected chi connectivity index (χ1v) is 18.4. The van der Waals surface area contributed by atoms with Gasteiger partial charge in [0.1, 0.15) is 36.1 Å². The number of hydrogen-bond donors (Lipinski definition) is 4. The summed E-state index contributed by atoms with van der Waals surface area (Å²) in [5.41, 5.74) is -1.32. The van der Waals surface area contributed by atoms with Crippen molar-refractivity contribution in [3.8, 4) is 0 Å². The molecular weight excluding hydrogens is 604 g/mol. The van der Waals surface area contributed by atoms with Gasteiger partial charge in [-0.05, 0) is 105 Å². The first kappa shape index (κ1) is 33.3. The van der Waals surface area contributed by atoms with E-state index < -0.39 is 53.6 Å². The topological polar surface area (TPSA) is 144 Å². The monoisotopic (exact) mass is 662 g/mol. The molecule has 0 aromatic heterocycles. The number of fused-ring (bicyclic) bond motifs is 4. The van der Waals surface area contributed by atoms with E-state index in [1.54, 1.807) is 0 Å². The van der Waals surface area contributed by atoms with E-state index >= 15 is 0 Å². The summed E-state index contributed by atoms with van der Waals surface area (Å²) in [7, 11) is 0. The Labute approximate surface area is 279 Å². The van der Waals surface area contributed by atoms with E-state index in [1.165, 1.54) is 6.92 Å². The van der Waals surface area contributed by atoms with Crippen LogP contribution >= 0.6 is 0 Å². The lowest BCUT2D eigenvalue weighted by atomic mass is 9.41. The number of hydrogen-bond acceptors (Lipinski definition) is 10. The van der Waals surface area contributed by atoms with Crippen molar-refractivity contribution in [3.63, 3.8) is 0 Å². The third kappa shape index (κ3) is 3.88. The van der Waals surface area contributed by atoms with Gasteiger partial charge in [0.2, 0.25) is 0 Å². The van der Waals surface area contributed by atoms with Crippen molar-refractivity contribution in [3.05, 3.63) is 0 Å². The molecule has 0 aromatic carbocycles. The van der Waals surface area contributed by atoms with Gasteiger partial charge in [0.15, 0.2) is 18.2 Å². The highest BCUT2D eigenvalue weighted by atomic mass is 16.8. The van der Waals surface area contributed by atoms with Crippen molar-refractivity contribution in [1.29, 1.82) is 0 Å². The normalized spacial score (nSPS) is 59.8. The molecular formula is C37H58O10. The molecule has 5 saturated carbocycles. The average Bonchev–Trinajstić information content (AvgIpc) is 3.62. The molecule has 10 heteroatoms. The Kier molecular flexibility index (Phi) is 7.03. The number of aliphatic hydroxyl groups excluding tert-OH is 4. The summed E-state index contributed by atoms with van der Waals surface area (Å²) in [4.78, 5) is 12.1. The summed E-state index contributed by atoms with van der Waals surface area (Å²) >= 11 is 0. The Bertz CT molecular complexity index is 1320. The molecule has 2 bridgehead atoms. The Morgan fingerprint density at radius 3 is 2.26 bits per heavy atom. The number of carbonyl (C=O) groups is 1. The molecule has 8 rings (SSSR count). The highest BCUT2D eigenvalue weighted by molar-refractivity contribution is 5.66. The summed E-state index contributed by atoms with van der Waals surface area (Å²) < 4.78 is 31.9. The molecule has 3 heterocycles. The standard InChI is InChI=1S/C37H58O10/c1-18-15-21-28(44-19(2)38)32(5,6)47-37(46-21)27(18)33(7)13-14-36-17-35(36)12-11-24(45-29-26(41)25(40)20(39)16-43-29)31(3,4)22(35)9-10-23(36)34(33,8)30(37)42/h18,20-30,39-42H,9-17H2,1-8H3/t18?,20-,21?,22?,23?,24-,25-,26+,27?,28-,29?,30+,33+,34+,35?,36?,37?/m0/s1. The molecule has 5 aliphatic carbocycles. The number of ether oxygens (including phenoxy) is 5. The minimum absolute atomic E-state index is 0.0185. The molecule has 3 spiro atoms. The first-order chi connectivity index (χ1) is 21.8. The zero-order valence-corrected chi connectivity index (χ0v) is 29.5. The lowest BCUT2D eigenvalue weighted by molar-refractivity contribution is -0.430. The Morgan fingerprint density at radius 1 is 0.872 bits per heavy atom. The molecule has 3 saturated heterocycles. The second-order valence-corrected chi connectivity index (χ2v) is 18.8. The van der Waals surface area contributed by atoms with Crippen molar-refractivity contribution < 1.29 is 48.9 Å². The second-order valence-electron chi connectivity index (χ2n) is 18.8. The fourth-order valence-corrected chi connectivity index (χ4v) is 14.4. The molecule has 9 unspecified atom stereocenters. The second kappa shape index (κ2) is 9.93. The highest BCUT2D eigenvalue weighted by Gasteiger charge is 2.88. The van der Waals surface area contributed by atoms with Gasteiger partial charge in [-0.25, -0.2) is 0 Å². The number of aliphatic hydroxyl groups is 4. The van der Waals surface area contributed by atoms with Gasteiger partial charge in [-0.3, -0.25) is 4.79 Å². The van der Waals surface area contributed by atoms with Crippen molar-refractivity contribution >= 4 is 5.97 Å². The predicted molar refractivity (Wildman–Crippen MR) is 168 cm³/mol. The molecule has 17 atom stereocenters. The van der Waals surface area contributed by atoms with Crippen LogP contribution < -0.4 is 0 Å². The molecule has 4 N–H and O–H groups in total. The maximum Gasteiger partial charge on any atom is 0.303 e. The Balaban J connectivity index is 1.10. The van der Waals surface area contributed by atoms with E-state index in [1.807, 2.05) is 13.8 Å². The van der Waals surface area contributed by atoms with Crippen LogP contribution in [-0.4, -0.2) is 93.4 Å². The molecule has 0 radical (unpaired) electrons. The molecule has 266 valence electrons. The van der Waals surface area contributed by atoms with Crippen molar-refractivity contribution in [2.45, 2.75) is 167 Å². The molecule has 10 nitrogen and oxygen atoms in total. The molecule has 8 aliphatic rings. The summed E-state index contributed by atoms with van der Waals surface area (Å²) in [5.74, 6) is -0.514. The van der Waals surface area contributed by atoms with Crippen LogP contribution in [-0.2, 0) is 28.5 Å². The van der Waals surface area contributed by atoms with Gasteiger partial charge in [-0.1, -0.05) is 34.6 Å². The Hall–Kier alpha value is -0.850. The van der Waals surface area contributed by atoms with Gasteiger partial charge in [0.25, 0.3) is 0 Å². The van der Waals surface area contributed by atoms with E-state index in [9.17, 15) is 25.2 Å². The van der Waals surface area contributed by atoms with Crippen LogP contribution in [0.3, 0.4) is 0 Å². The maximum absolute atomic E-state index is 12.9. The van der Waals surface area contributed by atoms with Crippen LogP contribution in [0.1, 0.15) is 107 Å². The van der Waals surface area contributed by atoms with E-state index in [0.29, 0.717) is 11.8 Å². The number of carbonyl (C=O) groups excluding carboxylic acids is 1. The molecule has 3 aliphatic heterocycles. The quantitative estimate of drug-likeness (QED) is 0.261. The third-order valence-electron chi connectivity index (χ3n) is 16.3. The van der Waals surface area contributed by atoms with Crippen molar-refractivity contribution in [2.24, 2.45) is 50.7 Å². The first-order valence-electron chi connectivity index (χ1n) is 18.4. The average molecular weight is 663 g/mol. The summed E-state index contributed by atoms with van der Waals surface area (Å²) in [6.07, 6.45) is 1.47. The molecule has 47 heavy (non-hydrogen) atoms. The zero-order valence-electron chi connectivity index (χ0n) is 29.5. The van der Waals surface area contributed by atoms with Crippen LogP contribution in [0, 0.1) is 50.7 Å². The van der Waals surface area contributed by atoms with Crippen molar-refractivity contribution in [1.82, 2.24) is 0 Å². The van der Waals surface area contributed by atoms with Gasteiger partial charge >= 0.3 is 5.97 Å². The fraction of sp³-hybridized carbons (Fsp3) is 0.973. The van der Waals surface area contributed by atoms with Crippen LogP contribution in [0.4, 0.5) is 0 Å². The van der Waals surface area contributed by atoms with E-state index in [0.717, 1.165) is 51.4 Å². The van der Waals surface area contributed by atoms with Gasteiger partial charge in [-0.15, -0.1) is 0 Å². The molecule has 8 fully saturated rings. The lowest BCUT2D eigenvalue weighted by Crippen LogP contribution is -2.71. The largest absolute Gasteiger partial charge is 0.457 e. The SMILES string of the molecule is CC(=O)O[C@H]1C2CC(C)C3C(O2)(OC1(C)C)[C@H](O)[C@@]1(C)C2CCC4C(C)(C)[C@@H](OC5OC[C@H](O)[C@H](O)[C@H]5O)CCC45CC25CC[C@]31C. The predicted octanol–water partition coefficient (Wildman–Crippen LogP) is 3.69. The Morgan fingerprint density at radius 2 is 1.55 bits per heavy atom.